The molecule has 0 aromatic carbocycles. The van der Waals surface area contributed by atoms with Crippen molar-refractivity contribution in [2.24, 2.45) is 11.3 Å². The van der Waals surface area contributed by atoms with E-state index in [0.29, 0.717) is 17.4 Å². The molecular weight excluding hydrogens is 248 g/mol. The molecule has 0 aliphatic heterocycles. The van der Waals surface area contributed by atoms with E-state index in [0.717, 1.165) is 18.7 Å². The Morgan fingerprint density at radius 3 is 2.80 bits per heavy atom. The van der Waals surface area contributed by atoms with Crippen LogP contribution < -0.4 is 10.9 Å². The lowest BCUT2D eigenvalue weighted by molar-refractivity contribution is 0.177. The second-order valence-electron chi connectivity index (χ2n) is 7.08. The molecule has 1 aromatic rings. The normalized spacial score (nSPS) is 25.4. The monoisotopic (exact) mass is 276 g/mol. The van der Waals surface area contributed by atoms with Crippen LogP contribution in [-0.4, -0.2) is 10.6 Å². The summed E-state index contributed by atoms with van der Waals surface area (Å²) in [5.74, 6) is 0.672. The number of nitrogens with zero attached hydrogens (tertiary/aromatic N) is 1. The number of hydrogen-bond donors (Lipinski definition) is 1. The van der Waals surface area contributed by atoms with Gasteiger partial charge >= 0.3 is 0 Å². The largest absolute Gasteiger partial charge is 0.381 e. The zero-order valence-electron chi connectivity index (χ0n) is 13.3. The quantitative estimate of drug-likeness (QED) is 0.905. The highest BCUT2D eigenvalue weighted by Crippen LogP contribution is 2.39. The molecule has 1 fully saturated rings. The van der Waals surface area contributed by atoms with Crippen molar-refractivity contribution in [2.75, 3.05) is 5.32 Å². The number of pyridine rings is 1. The van der Waals surface area contributed by atoms with Crippen LogP contribution in [0.4, 0.5) is 5.69 Å². The van der Waals surface area contributed by atoms with E-state index in [1.807, 2.05) is 12.3 Å². The Bertz CT molecular complexity index is 504. The molecule has 2 unspecified atom stereocenters. The van der Waals surface area contributed by atoms with Gasteiger partial charge in [-0.05, 0) is 43.1 Å². The molecule has 1 aliphatic carbocycles. The molecule has 2 atom stereocenters. The second-order valence-corrected chi connectivity index (χ2v) is 7.08. The number of aromatic nitrogens is 1. The van der Waals surface area contributed by atoms with Gasteiger partial charge in [0, 0.05) is 24.8 Å². The van der Waals surface area contributed by atoms with E-state index < -0.39 is 0 Å². The van der Waals surface area contributed by atoms with Gasteiger partial charge in [0.25, 0.3) is 5.56 Å². The fraction of sp³-hybridized carbons (Fsp3) is 0.706. The van der Waals surface area contributed by atoms with Gasteiger partial charge in [0.15, 0.2) is 0 Å². The first kappa shape index (κ1) is 15.1. The molecule has 1 N–H and O–H groups in total. The summed E-state index contributed by atoms with van der Waals surface area (Å²) < 4.78 is 1.81. The van der Waals surface area contributed by atoms with E-state index in [1.54, 1.807) is 10.6 Å². The zero-order valence-corrected chi connectivity index (χ0v) is 13.3. The Balaban J connectivity index is 2.07. The van der Waals surface area contributed by atoms with Crippen molar-refractivity contribution < 1.29 is 0 Å². The number of nitrogens with one attached hydrogen (secondary N) is 1. The van der Waals surface area contributed by atoms with Crippen LogP contribution in [0.3, 0.4) is 0 Å². The van der Waals surface area contributed by atoms with Gasteiger partial charge in [0.2, 0.25) is 0 Å². The molecule has 20 heavy (non-hydrogen) atoms. The van der Waals surface area contributed by atoms with Gasteiger partial charge in [0.1, 0.15) is 0 Å². The average molecular weight is 276 g/mol. The van der Waals surface area contributed by atoms with Crippen molar-refractivity contribution in [3.8, 4) is 0 Å². The molecule has 3 nitrogen and oxygen atoms in total. The van der Waals surface area contributed by atoms with Crippen LogP contribution in [0.15, 0.2) is 23.1 Å². The molecule has 0 bridgehead atoms. The molecule has 0 spiro atoms. The van der Waals surface area contributed by atoms with Crippen molar-refractivity contribution in [3.63, 3.8) is 0 Å². The Kier molecular flexibility index (Phi) is 4.56. The molecule has 1 heterocycles. The summed E-state index contributed by atoms with van der Waals surface area (Å²) in [6.45, 7) is 9.95. The molecule has 1 aromatic heterocycles. The maximum absolute atomic E-state index is 11.7. The first-order valence-electron chi connectivity index (χ1n) is 7.88. The highest BCUT2D eigenvalue weighted by molar-refractivity contribution is 5.41. The maximum atomic E-state index is 11.7. The molecule has 3 heteroatoms. The topological polar surface area (TPSA) is 34.0 Å². The van der Waals surface area contributed by atoms with Crippen molar-refractivity contribution in [1.82, 2.24) is 4.57 Å². The van der Waals surface area contributed by atoms with Crippen LogP contribution in [0.1, 0.15) is 53.4 Å². The highest BCUT2D eigenvalue weighted by Gasteiger charge is 2.32. The predicted molar refractivity (Wildman–Crippen MR) is 85.2 cm³/mol. The molecule has 0 amide bonds. The van der Waals surface area contributed by atoms with E-state index in [4.69, 9.17) is 0 Å². The van der Waals surface area contributed by atoms with E-state index in [2.05, 4.69) is 33.0 Å². The average Bonchev–Trinajstić information content (AvgIpc) is 2.36. The van der Waals surface area contributed by atoms with Gasteiger partial charge in [0.05, 0.1) is 5.69 Å². The van der Waals surface area contributed by atoms with Gasteiger partial charge < -0.3 is 9.88 Å². The van der Waals surface area contributed by atoms with Crippen molar-refractivity contribution in [2.45, 2.75) is 66.0 Å². The van der Waals surface area contributed by atoms with E-state index >= 15 is 0 Å². The first-order valence-corrected chi connectivity index (χ1v) is 7.88. The fourth-order valence-electron chi connectivity index (χ4n) is 3.41. The summed E-state index contributed by atoms with van der Waals surface area (Å²) in [6.07, 6.45) is 6.69. The van der Waals surface area contributed by atoms with Crippen molar-refractivity contribution in [3.05, 3.63) is 28.7 Å². The summed E-state index contributed by atoms with van der Waals surface area (Å²) >= 11 is 0. The van der Waals surface area contributed by atoms with Gasteiger partial charge in [-0.25, -0.2) is 0 Å². The molecular formula is C17H28N2O. The first-order chi connectivity index (χ1) is 9.41. The van der Waals surface area contributed by atoms with Gasteiger partial charge in [-0.1, -0.05) is 27.7 Å². The molecule has 2 rings (SSSR count). The van der Waals surface area contributed by atoms with Crippen LogP contribution >= 0.6 is 0 Å². The molecule has 1 aliphatic rings. The number of anilines is 1. The minimum absolute atomic E-state index is 0.0928. The summed E-state index contributed by atoms with van der Waals surface area (Å²) in [5, 5.41) is 3.63. The van der Waals surface area contributed by atoms with E-state index in [9.17, 15) is 4.79 Å². The Labute approximate surface area is 122 Å². The SMILES string of the molecule is CCCn1cc(NC2CCC(C)(C)CC2C)ccc1=O. The van der Waals surface area contributed by atoms with Crippen molar-refractivity contribution in [1.29, 1.82) is 0 Å². The lowest BCUT2D eigenvalue weighted by atomic mass is 9.70. The third-order valence-electron chi connectivity index (χ3n) is 4.49. The molecule has 112 valence electrons. The maximum Gasteiger partial charge on any atom is 0.250 e. The predicted octanol–water partition coefficient (Wildman–Crippen LogP) is 3.89. The van der Waals surface area contributed by atoms with Crippen LogP contribution in [0.5, 0.6) is 0 Å². The highest BCUT2D eigenvalue weighted by atomic mass is 16.1. The van der Waals surface area contributed by atoms with Gasteiger partial charge in [-0.3, -0.25) is 4.79 Å². The number of hydrogen-bond acceptors (Lipinski definition) is 2. The smallest absolute Gasteiger partial charge is 0.250 e. The fourth-order valence-corrected chi connectivity index (χ4v) is 3.41. The summed E-state index contributed by atoms with van der Waals surface area (Å²) in [6, 6.07) is 4.12. The Morgan fingerprint density at radius 2 is 2.15 bits per heavy atom. The van der Waals surface area contributed by atoms with Crippen LogP contribution in [0.25, 0.3) is 0 Å². The number of rotatable bonds is 4. The summed E-state index contributed by atoms with van der Waals surface area (Å²) in [7, 11) is 0. The molecule has 0 radical (unpaired) electrons. The van der Waals surface area contributed by atoms with E-state index in [-0.39, 0.29) is 5.56 Å². The molecule has 0 saturated heterocycles. The summed E-state index contributed by atoms with van der Waals surface area (Å²) in [4.78, 5) is 11.7. The van der Waals surface area contributed by atoms with Crippen LogP contribution in [-0.2, 0) is 6.54 Å². The zero-order chi connectivity index (χ0) is 14.8. The lowest BCUT2D eigenvalue weighted by Crippen LogP contribution is -2.37. The minimum atomic E-state index is 0.0928. The van der Waals surface area contributed by atoms with Crippen LogP contribution in [0, 0.1) is 11.3 Å². The second kappa shape index (κ2) is 6.02. The lowest BCUT2D eigenvalue weighted by Gasteiger charge is -2.40. The van der Waals surface area contributed by atoms with Crippen LogP contribution in [0.2, 0.25) is 0 Å². The molecule has 1 saturated carbocycles. The van der Waals surface area contributed by atoms with Crippen molar-refractivity contribution >= 4 is 5.69 Å². The third kappa shape index (κ3) is 3.65. The standard InChI is InChI=1S/C17H28N2O/c1-5-10-19-12-14(6-7-16(19)20)18-15-8-9-17(3,4)11-13(15)2/h6-7,12-13,15,18H,5,8-11H2,1-4H3. The summed E-state index contributed by atoms with van der Waals surface area (Å²) in [5.41, 5.74) is 1.64. The Morgan fingerprint density at radius 1 is 1.40 bits per heavy atom. The third-order valence-corrected chi connectivity index (χ3v) is 4.49. The van der Waals surface area contributed by atoms with Gasteiger partial charge in [-0.15, -0.1) is 0 Å². The van der Waals surface area contributed by atoms with E-state index in [1.165, 1.54) is 19.3 Å². The Hall–Kier alpha value is -1.25. The van der Waals surface area contributed by atoms with Gasteiger partial charge in [-0.2, -0.15) is 0 Å². The minimum Gasteiger partial charge on any atom is -0.381 e. The number of aryl methyl sites for hydroxylation is 1.